The lowest BCUT2D eigenvalue weighted by Crippen LogP contribution is -2.35. The molecule has 3 nitrogen and oxygen atoms in total. The number of rotatable bonds is 2. The molecule has 0 radical (unpaired) electrons. The minimum absolute atomic E-state index is 0.0299. The van der Waals surface area contributed by atoms with Crippen molar-refractivity contribution < 1.29 is 8.78 Å². The highest BCUT2D eigenvalue weighted by Gasteiger charge is 2.62. The van der Waals surface area contributed by atoms with Crippen LogP contribution in [0.4, 0.5) is 8.78 Å². The molecule has 5 heteroatoms. The molecule has 128 valence electrons. The van der Waals surface area contributed by atoms with Gasteiger partial charge in [0.1, 0.15) is 11.6 Å². The molecule has 2 unspecified atom stereocenters. The first-order valence-electron chi connectivity index (χ1n) is 8.42. The lowest BCUT2D eigenvalue weighted by molar-refractivity contribution is 0.215. The summed E-state index contributed by atoms with van der Waals surface area (Å²) in [5.74, 6) is -0.960. The molecule has 1 aromatic carbocycles. The third-order valence-electron chi connectivity index (χ3n) is 6.84. The minimum atomic E-state index is -0.613. The summed E-state index contributed by atoms with van der Waals surface area (Å²) in [6.45, 7) is 6.85. The van der Waals surface area contributed by atoms with Gasteiger partial charge in [0.2, 0.25) is 0 Å². The zero-order chi connectivity index (χ0) is 17.4. The lowest BCUT2D eigenvalue weighted by Gasteiger charge is -2.36. The van der Waals surface area contributed by atoms with Crippen LogP contribution in [0.15, 0.2) is 23.0 Å². The third-order valence-corrected chi connectivity index (χ3v) is 6.84. The van der Waals surface area contributed by atoms with E-state index in [0.717, 1.165) is 30.2 Å². The van der Waals surface area contributed by atoms with Crippen LogP contribution in [0.25, 0.3) is 0 Å². The summed E-state index contributed by atoms with van der Waals surface area (Å²) < 4.78 is 30.6. The van der Waals surface area contributed by atoms with Crippen LogP contribution in [0.1, 0.15) is 56.4 Å². The smallest absolute Gasteiger partial charge is 0.270 e. The summed E-state index contributed by atoms with van der Waals surface area (Å²) in [6, 6.07) is 3.51. The maximum atomic E-state index is 14.0. The van der Waals surface area contributed by atoms with E-state index in [-0.39, 0.29) is 28.9 Å². The predicted molar refractivity (Wildman–Crippen MR) is 88.2 cm³/mol. The molecule has 4 rings (SSSR count). The molecule has 0 saturated heterocycles. The second-order valence-corrected chi connectivity index (χ2v) is 8.03. The molecule has 2 aliphatic carbocycles. The van der Waals surface area contributed by atoms with Gasteiger partial charge in [-0.1, -0.05) is 26.8 Å². The maximum absolute atomic E-state index is 14.0. The van der Waals surface area contributed by atoms with E-state index in [1.165, 1.54) is 12.1 Å². The van der Waals surface area contributed by atoms with Gasteiger partial charge in [0.25, 0.3) is 5.56 Å². The Morgan fingerprint density at radius 1 is 1.25 bits per heavy atom. The van der Waals surface area contributed by atoms with E-state index in [1.54, 1.807) is 4.68 Å². The topological polar surface area (TPSA) is 26.9 Å². The van der Waals surface area contributed by atoms with Crippen molar-refractivity contribution in [2.24, 2.45) is 12.5 Å². The third kappa shape index (κ3) is 1.68. The molecule has 0 aliphatic heterocycles. The van der Waals surface area contributed by atoms with E-state index in [0.29, 0.717) is 5.56 Å². The molecular weight excluding hydrogens is 310 g/mol. The van der Waals surface area contributed by atoms with Gasteiger partial charge in [-0.15, -0.1) is 0 Å². The molecule has 0 amide bonds. The molecule has 2 atom stereocenters. The van der Waals surface area contributed by atoms with Crippen LogP contribution in [0.3, 0.4) is 0 Å². The molecular formula is C19H22F2N2O. The zero-order valence-corrected chi connectivity index (χ0v) is 14.5. The van der Waals surface area contributed by atoms with Crippen LogP contribution in [0, 0.1) is 17.0 Å². The molecule has 1 fully saturated rings. The monoisotopic (exact) mass is 332 g/mol. The number of hydrogen-bond acceptors (Lipinski definition) is 1. The fourth-order valence-electron chi connectivity index (χ4n) is 5.06. The Bertz CT molecular complexity index is 909. The van der Waals surface area contributed by atoms with Gasteiger partial charge < -0.3 is 0 Å². The quantitative estimate of drug-likeness (QED) is 0.824. The van der Waals surface area contributed by atoms with Crippen LogP contribution in [0.5, 0.6) is 0 Å². The van der Waals surface area contributed by atoms with Crippen molar-refractivity contribution in [1.29, 1.82) is 0 Å². The largest absolute Gasteiger partial charge is 0.289 e. The van der Waals surface area contributed by atoms with Crippen LogP contribution in [-0.4, -0.2) is 9.36 Å². The Labute approximate surface area is 139 Å². The highest BCUT2D eigenvalue weighted by Crippen LogP contribution is 2.66. The van der Waals surface area contributed by atoms with Crippen LogP contribution >= 0.6 is 0 Å². The number of halogens is 2. The Morgan fingerprint density at radius 3 is 2.58 bits per heavy atom. The molecule has 0 N–H and O–H groups in total. The Hall–Kier alpha value is -1.91. The summed E-state index contributed by atoms with van der Waals surface area (Å²) >= 11 is 0. The van der Waals surface area contributed by atoms with Gasteiger partial charge in [0, 0.05) is 29.7 Å². The van der Waals surface area contributed by atoms with Crippen LogP contribution < -0.4 is 5.56 Å². The zero-order valence-electron chi connectivity index (χ0n) is 14.5. The first kappa shape index (κ1) is 15.6. The van der Waals surface area contributed by atoms with Gasteiger partial charge in [-0.2, -0.15) is 0 Å². The Balaban J connectivity index is 1.85. The number of fused-ring (bicyclic) bond motifs is 5. The highest BCUT2D eigenvalue weighted by atomic mass is 19.1. The van der Waals surface area contributed by atoms with Crippen molar-refractivity contribution in [3.8, 4) is 0 Å². The number of benzene rings is 1. The van der Waals surface area contributed by atoms with Crippen molar-refractivity contribution in [3.63, 3.8) is 0 Å². The fourth-order valence-corrected chi connectivity index (χ4v) is 5.06. The number of nitrogens with zero attached hydrogens (tertiary/aromatic N) is 2. The molecule has 1 saturated carbocycles. The van der Waals surface area contributed by atoms with Crippen LogP contribution in [-0.2, 0) is 19.0 Å². The fraction of sp³-hybridized carbons (Fsp3) is 0.526. The van der Waals surface area contributed by atoms with E-state index in [9.17, 15) is 13.6 Å². The highest BCUT2D eigenvalue weighted by molar-refractivity contribution is 5.45. The van der Waals surface area contributed by atoms with Gasteiger partial charge in [0.05, 0.1) is 12.2 Å². The van der Waals surface area contributed by atoms with Crippen molar-refractivity contribution >= 4 is 0 Å². The second-order valence-electron chi connectivity index (χ2n) is 8.03. The second kappa shape index (κ2) is 4.58. The van der Waals surface area contributed by atoms with Crippen molar-refractivity contribution in [2.75, 3.05) is 0 Å². The molecule has 2 aliphatic rings. The minimum Gasteiger partial charge on any atom is -0.289 e. The van der Waals surface area contributed by atoms with Gasteiger partial charge in [-0.3, -0.25) is 9.48 Å². The Morgan fingerprint density at radius 2 is 1.96 bits per heavy atom. The van der Waals surface area contributed by atoms with Crippen molar-refractivity contribution in [3.05, 3.63) is 57.0 Å². The maximum Gasteiger partial charge on any atom is 0.270 e. The average molecular weight is 332 g/mol. The van der Waals surface area contributed by atoms with Crippen LogP contribution in [0.2, 0.25) is 0 Å². The average Bonchev–Trinajstić information content (AvgIpc) is 2.95. The molecule has 2 bridgehead atoms. The Kier molecular flexibility index (Phi) is 2.98. The molecule has 0 spiro atoms. The van der Waals surface area contributed by atoms with Gasteiger partial charge in [-0.05, 0) is 30.2 Å². The summed E-state index contributed by atoms with van der Waals surface area (Å²) in [7, 11) is 1.88. The molecule has 1 heterocycles. The first-order chi connectivity index (χ1) is 11.2. The number of hydrogen-bond donors (Lipinski definition) is 0. The summed E-state index contributed by atoms with van der Waals surface area (Å²) in [5, 5.41) is 0. The van der Waals surface area contributed by atoms with Gasteiger partial charge in [-0.25, -0.2) is 13.5 Å². The first-order valence-corrected chi connectivity index (χ1v) is 8.42. The van der Waals surface area contributed by atoms with Gasteiger partial charge in [0.15, 0.2) is 0 Å². The van der Waals surface area contributed by atoms with E-state index in [1.807, 2.05) is 11.7 Å². The summed E-state index contributed by atoms with van der Waals surface area (Å²) in [5.41, 5.74) is 2.32. The summed E-state index contributed by atoms with van der Waals surface area (Å²) in [4.78, 5) is 13.0. The van der Waals surface area contributed by atoms with Gasteiger partial charge >= 0.3 is 0 Å². The number of aromatic nitrogens is 2. The van der Waals surface area contributed by atoms with E-state index in [4.69, 9.17) is 0 Å². The van der Waals surface area contributed by atoms with E-state index >= 15 is 0 Å². The standard InChI is InChI=1S/C19H22F2N2O/c1-18(2)13-7-8-19(18,3)16-15(13)17(24)23(22(16)4)10-11-5-6-12(20)9-14(11)21/h5-6,9,13H,7-8,10H2,1-4H3. The van der Waals surface area contributed by atoms with Crippen molar-refractivity contribution in [2.45, 2.75) is 51.5 Å². The SMILES string of the molecule is Cn1c2c(c(=O)n1Cc1ccc(F)cc1F)C1CCC2(C)C1(C)C. The van der Waals surface area contributed by atoms with Crippen molar-refractivity contribution in [1.82, 2.24) is 9.36 Å². The molecule has 1 aromatic heterocycles. The normalized spacial score (nSPS) is 26.8. The van der Waals surface area contributed by atoms with E-state index in [2.05, 4.69) is 20.8 Å². The molecule has 2 aromatic rings. The summed E-state index contributed by atoms with van der Waals surface area (Å²) in [6.07, 6.45) is 2.10. The molecule has 24 heavy (non-hydrogen) atoms. The predicted octanol–water partition coefficient (Wildman–Crippen LogP) is 3.69. The van der Waals surface area contributed by atoms with E-state index < -0.39 is 11.6 Å². The lowest BCUT2D eigenvalue weighted by atomic mass is 9.70.